The average molecular weight is 231 g/mol. The molecule has 3 nitrogen and oxygen atoms in total. The van der Waals surface area contributed by atoms with E-state index in [1.165, 1.54) is 0 Å². The predicted octanol–water partition coefficient (Wildman–Crippen LogP) is 1.57. The van der Waals surface area contributed by atoms with Crippen LogP contribution >= 0.6 is 10.8 Å². The van der Waals surface area contributed by atoms with Gasteiger partial charge in [0.15, 0.2) is 0 Å². The van der Waals surface area contributed by atoms with E-state index in [0.717, 1.165) is 5.56 Å². The van der Waals surface area contributed by atoms with Crippen LogP contribution < -0.4 is 0 Å². The number of benzene rings is 1. The summed E-state index contributed by atoms with van der Waals surface area (Å²) in [6.45, 7) is 0. The third-order valence-electron chi connectivity index (χ3n) is 1.22. The zero-order valence-corrected chi connectivity index (χ0v) is 9.93. The molecule has 0 amide bonds. The van der Waals surface area contributed by atoms with Crippen LogP contribution in [0.3, 0.4) is 0 Å². The summed E-state index contributed by atoms with van der Waals surface area (Å²) in [7, 11) is -3.39. The Morgan fingerprint density at radius 1 is 1.31 bits per heavy atom. The molecule has 0 saturated heterocycles. The number of hydrogen-bond acceptors (Lipinski definition) is 3. The smallest absolute Gasteiger partial charge is 1.00 e. The molecule has 0 bridgehead atoms. The fraction of sp³-hybridized carbons (Fsp3) is 0.143. The maximum absolute atomic E-state index is 10.3. The largest absolute Gasteiger partial charge is 2.00 e. The van der Waals surface area contributed by atoms with Gasteiger partial charge < -0.3 is 2.85 Å². The van der Waals surface area contributed by atoms with Crippen molar-refractivity contribution in [3.63, 3.8) is 0 Å². The molecule has 0 unspecified atom stereocenters. The molecule has 0 aliphatic rings. The van der Waals surface area contributed by atoms with Crippen LogP contribution in [0, 0.1) is 0 Å². The molecule has 0 spiro atoms. The van der Waals surface area contributed by atoms with E-state index in [1.807, 2.05) is 18.2 Å². The van der Waals surface area contributed by atoms with Crippen molar-refractivity contribution in [1.82, 2.24) is 0 Å². The second kappa shape index (κ2) is 5.87. The van der Waals surface area contributed by atoms with Crippen LogP contribution in [0.2, 0.25) is 0 Å². The first-order valence-electron chi connectivity index (χ1n) is 3.24. The first-order valence-corrected chi connectivity index (χ1v) is 6.18. The van der Waals surface area contributed by atoms with Crippen LogP contribution in [0.1, 0.15) is 8.42 Å². The van der Waals surface area contributed by atoms with Crippen molar-refractivity contribution in [2.45, 2.75) is 5.75 Å². The predicted molar refractivity (Wildman–Crippen MR) is 57.3 cm³/mol. The topological polar surface area (TPSA) is 54.4 Å². The van der Waals surface area contributed by atoms with Gasteiger partial charge in [0.1, 0.15) is 0 Å². The van der Waals surface area contributed by atoms with E-state index in [4.69, 9.17) is 4.55 Å². The molecule has 0 saturated carbocycles. The fourth-order valence-electron chi connectivity index (χ4n) is 0.717. The van der Waals surface area contributed by atoms with E-state index in [1.54, 1.807) is 12.1 Å². The Kier molecular flexibility index (Phi) is 5.98. The Labute approximate surface area is 100 Å². The molecule has 13 heavy (non-hydrogen) atoms. The average Bonchev–Trinajstić information content (AvgIpc) is 2.02. The van der Waals surface area contributed by atoms with Gasteiger partial charge in [0.05, 0.1) is 0 Å². The van der Waals surface area contributed by atoms with Gasteiger partial charge in [-0.05, 0) is 5.56 Å². The Balaban J connectivity index is -0.000000480. The Morgan fingerprint density at radius 3 is 2.31 bits per heavy atom. The first-order chi connectivity index (χ1) is 5.58. The molecule has 1 aromatic carbocycles. The molecular formula is C7H10MgO3S2. The minimum absolute atomic E-state index is 0. The van der Waals surface area contributed by atoms with Crippen LogP contribution in [-0.4, -0.2) is 36.0 Å². The van der Waals surface area contributed by atoms with Gasteiger partial charge in [-0.1, -0.05) is 30.3 Å². The van der Waals surface area contributed by atoms with Crippen LogP contribution in [0.4, 0.5) is 0 Å². The molecule has 0 fully saturated rings. The van der Waals surface area contributed by atoms with Crippen molar-refractivity contribution in [1.29, 1.82) is 0 Å². The van der Waals surface area contributed by atoms with Gasteiger partial charge >= 0.3 is 32.2 Å². The molecule has 0 radical (unpaired) electrons. The summed E-state index contributed by atoms with van der Waals surface area (Å²) in [6, 6.07) is 9.09. The van der Waals surface area contributed by atoms with Crippen molar-refractivity contribution in [2.24, 2.45) is 0 Å². The second-order valence-corrected chi connectivity index (χ2v) is 5.53. The monoisotopic (exact) mass is 230 g/mol. The van der Waals surface area contributed by atoms with Crippen LogP contribution in [0.15, 0.2) is 30.3 Å². The van der Waals surface area contributed by atoms with Gasteiger partial charge in [-0.2, -0.15) is 8.42 Å². The number of hydrogen-bond donors (Lipinski definition) is 1. The Bertz CT molecular complexity index is 345. The summed E-state index contributed by atoms with van der Waals surface area (Å²) in [5, 5.41) is 0. The maximum Gasteiger partial charge on any atom is 2.00 e. The zero-order chi connectivity index (χ0) is 9.03. The van der Waals surface area contributed by atoms with E-state index >= 15 is 0 Å². The van der Waals surface area contributed by atoms with Gasteiger partial charge in [-0.25, -0.2) is 0 Å². The van der Waals surface area contributed by atoms with E-state index < -0.39 is 9.15 Å². The summed E-state index contributed by atoms with van der Waals surface area (Å²) in [4.78, 5) is 0. The maximum atomic E-state index is 10.3. The second-order valence-electron chi connectivity index (χ2n) is 2.18. The molecule has 70 valence electrons. The fourth-order valence-corrected chi connectivity index (χ4v) is 2.05. The van der Waals surface area contributed by atoms with E-state index in [-0.39, 0.29) is 31.7 Å². The minimum atomic E-state index is -3.91. The van der Waals surface area contributed by atoms with E-state index in [9.17, 15) is 8.42 Å². The zero-order valence-electron chi connectivity index (χ0n) is 8.88. The molecule has 0 heterocycles. The molecule has 1 aromatic rings. The molecular weight excluding hydrogens is 221 g/mol. The Hall–Kier alpha value is 0.246. The molecule has 0 aliphatic carbocycles. The summed E-state index contributed by atoms with van der Waals surface area (Å²) in [5.41, 5.74) is 0.875. The Morgan fingerprint density at radius 2 is 1.85 bits per heavy atom. The van der Waals surface area contributed by atoms with Crippen LogP contribution in [-0.2, 0) is 14.9 Å². The van der Waals surface area contributed by atoms with Crippen LogP contribution in [0.5, 0.6) is 0 Å². The molecule has 1 N–H and O–H groups in total. The third kappa shape index (κ3) is 6.33. The van der Waals surface area contributed by atoms with Crippen LogP contribution in [0.25, 0.3) is 0 Å². The molecule has 1 rings (SSSR count). The molecule has 0 aromatic heterocycles. The standard InChI is InChI=1S/C7H8O3S2.Mg.2H/c8-12(9,10)11-6-7-4-2-1-3-5-7;;;/h1-5H,6H2,(H,8,9,10);;;/q;+2;2*-1. The molecule has 6 heteroatoms. The van der Waals surface area contributed by atoms with Crippen molar-refractivity contribution >= 4 is 43.0 Å². The normalized spacial score (nSPS) is 10.5. The summed E-state index contributed by atoms with van der Waals surface area (Å²) in [6.07, 6.45) is 0. The molecule has 0 aliphatic heterocycles. The SMILES string of the molecule is O=S(=O)(O)SCc1ccccc1.[H-].[H-].[Mg+2]. The van der Waals surface area contributed by atoms with Gasteiger partial charge in [0.2, 0.25) is 0 Å². The summed E-state index contributed by atoms with van der Waals surface area (Å²) in [5.74, 6) is 0.277. The van der Waals surface area contributed by atoms with Gasteiger partial charge in [-0.15, -0.1) is 0 Å². The van der Waals surface area contributed by atoms with E-state index in [0.29, 0.717) is 10.8 Å². The number of rotatable bonds is 3. The van der Waals surface area contributed by atoms with Crippen molar-refractivity contribution < 1.29 is 15.8 Å². The summed E-state index contributed by atoms with van der Waals surface area (Å²) >= 11 is 0. The van der Waals surface area contributed by atoms with E-state index in [2.05, 4.69) is 0 Å². The van der Waals surface area contributed by atoms with Gasteiger partial charge in [0.25, 0.3) is 0 Å². The first kappa shape index (κ1) is 13.2. The van der Waals surface area contributed by atoms with Gasteiger partial charge in [0, 0.05) is 16.5 Å². The quantitative estimate of drug-likeness (QED) is 0.487. The third-order valence-corrected chi connectivity index (χ3v) is 3.21. The van der Waals surface area contributed by atoms with Crippen molar-refractivity contribution in [3.8, 4) is 0 Å². The molecule has 0 atom stereocenters. The minimum Gasteiger partial charge on any atom is -1.00 e. The summed E-state index contributed by atoms with van der Waals surface area (Å²) < 4.78 is 29.1. The van der Waals surface area contributed by atoms with Gasteiger partial charge in [-0.3, -0.25) is 4.55 Å². The van der Waals surface area contributed by atoms with Crippen molar-refractivity contribution in [3.05, 3.63) is 35.9 Å². The van der Waals surface area contributed by atoms with Crippen molar-refractivity contribution in [2.75, 3.05) is 0 Å².